The zero-order valence-electron chi connectivity index (χ0n) is 34.7. The van der Waals surface area contributed by atoms with E-state index in [1.54, 1.807) is 0 Å². The van der Waals surface area contributed by atoms with Crippen molar-refractivity contribution >= 4 is 39.4 Å². The van der Waals surface area contributed by atoms with Crippen LogP contribution >= 0.6 is 0 Å². The summed E-state index contributed by atoms with van der Waals surface area (Å²) in [6, 6.07) is 82.9. The molecule has 3 heterocycles. The normalized spacial score (nSPS) is 12.4. The Morgan fingerprint density at radius 1 is 0.312 bits per heavy atom. The van der Waals surface area contributed by atoms with Gasteiger partial charge in [-0.05, 0) is 113 Å². The average molecular weight is 820 g/mol. The van der Waals surface area contributed by atoms with Gasteiger partial charge in [0.15, 0.2) is 0 Å². The molecule has 0 fully saturated rings. The van der Waals surface area contributed by atoms with Crippen molar-refractivity contribution in [1.29, 1.82) is 0 Å². The van der Waals surface area contributed by atoms with Crippen molar-refractivity contribution in [3.63, 3.8) is 0 Å². The van der Waals surface area contributed by atoms with Crippen LogP contribution in [0.1, 0.15) is 11.1 Å². The zero-order chi connectivity index (χ0) is 42.4. The number of imidazole rings is 2. The fourth-order valence-electron chi connectivity index (χ4n) is 8.94. The number of aliphatic imine (C=N–C) groups is 1. The summed E-state index contributed by atoms with van der Waals surface area (Å²) in [6.45, 7) is 0. The minimum absolute atomic E-state index is 0.829. The largest absolute Gasteiger partial charge is 0.292 e. The molecule has 12 rings (SSSR count). The second kappa shape index (κ2) is 15.6. The van der Waals surface area contributed by atoms with E-state index in [1.807, 2.05) is 0 Å². The van der Waals surface area contributed by atoms with E-state index >= 15 is 0 Å². The quantitative estimate of drug-likeness (QED) is 0.136. The van der Waals surface area contributed by atoms with E-state index in [0.717, 1.165) is 107 Å². The molecule has 0 saturated heterocycles. The van der Waals surface area contributed by atoms with E-state index in [4.69, 9.17) is 15.0 Å². The molecule has 6 heteroatoms. The first kappa shape index (κ1) is 37.1. The molecule has 64 heavy (non-hydrogen) atoms. The van der Waals surface area contributed by atoms with Crippen LogP contribution in [0.2, 0.25) is 0 Å². The van der Waals surface area contributed by atoms with Crippen LogP contribution < -0.4 is 0 Å². The van der Waals surface area contributed by atoms with Crippen LogP contribution in [0.5, 0.6) is 0 Å². The Bertz CT molecular complexity index is 3450. The van der Waals surface area contributed by atoms with Crippen LogP contribution in [0.3, 0.4) is 0 Å². The number of amidine groups is 2. The molecule has 0 unspecified atom stereocenters. The van der Waals surface area contributed by atoms with Crippen LogP contribution in [-0.4, -0.2) is 35.3 Å². The molecule has 0 atom stereocenters. The first-order chi connectivity index (χ1) is 31.7. The third-order valence-electron chi connectivity index (χ3n) is 11.9. The van der Waals surface area contributed by atoms with Gasteiger partial charge in [0, 0.05) is 22.5 Å². The number of hydrogen-bond donors (Lipinski definition) is 0. The third-order valence-corrected chi connectivity index (χ3v) is 11.9. The van der Waals surface area contributed by atoms with Gasteiger partial charge >= 0.3 is 0 Å². The maximum atomic E-state index is 5.41. The standard InChI is InChI=1S/C58H39N6/c1-5-19-40(20-6-1)42-23-17-25-44(35-42)55-61-56(45-26-18-24-43(36-45)41-21-7-2-8-22-41)64(55)50-38-46(57-59-51-31-13-15-33-53(51)62(57)48-27-9-3-10-28-48)37-47(39-50)58-60-52-32-14-16-34-54(52)63(58)49-29-11-4-12-30-49/h1-39H/q+1. The van der Waals surface area contributed by atoms with Crippen molar-refractivity contribution < 1.29 is 4.58 Å². The molecule has 0 N–H and O–H groups in total. The lowest BCUT2D eigenvalue weighted by Crippen LogP contribution is -2.34. The van der Waals surface area contributed by atoms with Crippen molar-refractivity contribution in [3.05, 3.63) is 248 Å². The van der Waals surface area contributed by atoms with Gasteiger partial charge in [0.1, 0.15) is 17.3 Å². The Morgan fingerprint density at radius 3 is 1.22 bits per heavy atom. The first-order valence-electron chi connectivity index (χ1n) is 21.5. The predicted molar refractivity (Wildman–Crippen MR) is 261 cm³/mol. The highest BCUT2D eigenvalue weighted by Gasteiger charge is 2.35. The molecule has 2 aromatic heterocycles. The van der Waals surface area contributed by atoms with Gasteiger partial charge in [0.05, 0.1) is 33.2 Å². The Hall–Kier alpha value is -8.74. The number of benzene rings is 9. The summed E-state index contributed by atoms with van der Waals surface area (Å²) < 4.78 is 6.84. The number of aromatic nitrogens is 4. The lowest BCUT2D eigenvalue weighted by Gasteiger charge is -2.22. The number of fused-ring (bicyclic) bond motifs is 2. The monoisotopic (exact) mass is 819 g/mol. The Balaban J connectivity index is 1.14. The molecule has 0 radical (unpaired) electrons. The number of para-hydroxylation sites is 6. The van der Waals surface area contributed by atoms with Crippen molar-refractivity contribution in [3.8, 4) is 56.4 Å². The third kappa shape index (κ3) is 6.53. The highest BCUT2D eigenvalue weighted by molar-refractivity contribution is 6.17. The fourth-order valence-corrected chi connectivity index (χ4v) is 8.94. The van der Waals surface area contributed by atoms with Gasteiger partial charge in [-0.15, -0.1) is 0 Å². The lowest BCUT2D eigenvalue weighted by atomic mass is 9.99. The number of hydrogen-bond acceptors (Lipinski definition) is 3. The molecule has 0 bridgehead atoms. The molecule has 0 aliphatic carbocycles. The van der Waals surface area contributed by atoms with Crippen molar-refractivity contribution in [2.75, 3.05) is 0 Å². The SMILES string of the molecule is c1ccc(-c2cccc(C3=NC(c4cccc(-c5ccccc5)c4)=[N+]3c3cc(-c4nc5ccccc5n4-c4ccccc4)cc(-c4nc5ccccc5n4-c4ccccc4)c3)c2)cc1. The smallest absolute Gasteiger partial charge is 0.279 e. The first-order valence-corrected chi connectivity index (χ1v) is 21.5. The molecule has 0 spiro atoms. The van der Waals surface area contributed by atoms with E-state index < -0.39 is 0 Å². The summed E-state index contributed by atoms with van der Waals surface area (Å²) in [4.78, 5) is 16.2. The van der Waals surface area contributed by atoms with Crippen molar-refractivity contribution in [2.24, 2.45) is 4.99 Å². The Kier molecular flexibility index (Phi) is 9.05. The summed E-state index contributed by atoms with van der Waals surface area (Å²) in [5.74, 6) is 3.37. The summed E-state index contributed by atoms with van der Waals surface area (Å²) in [6.07, 6.45) is 0. The van der Waals surface area contributed by atoms with Crippen molar-refractivity contribution in [1.82, 2.24) is 19.1 Å². The topological polar surface area (TPSA) is 51.0 Å². The van der Waals surface area contributed by atoms with Crippen LogP contribution in [0.4, 0.5) is 5.69 Å². The van der Waals surface area contributed by atoms with Gasteiger partial charge < -0.3 is 0 Å². The maximum absolute atomic E-state index is 5.41. The predicted octanol–water partition coefficient (Wildman–Crippen LogP) is 13.6. The van der Waals surface area contributed by atoms with E-state index in [9.17, 15) is 0 Å². The maximum Gasteiger partial charge on any atom is 0.279 e. The van der Waals surface area contributed by atoms with Crippen LogP contribution in [-0.2, 0) is 0 Å². The van der Waals surface area contributed by atoms with E-state index in [2.05, 4.69) is 250 Å². The van der Waals surface area contributed by atoms with Gasteiger partial charge in [-0.25, -0.2) is 9.97 Å². The highest BCUT2D eigenvalue weighted by atomic mass is 15.2. The van der Waals surface area contributed by atoms with Crippen molar-refractivity contribution in [2.45, 2.75) is 0 Å². The molecule has 0 saturated carbocycles. The molecule has 6 nitrogen and oxygen atoms in total. The van der Waals surface area contributed by atoms with Gasteiger partial charge in [-0.2, -0.15) is 4.58 Å². The Morgan fingerprint density at radius 2 is 0.703 bits per heavy atom. The van der Waals surface area contributed by atoms with Gasteiger partial charge in [-0.3, -0.25) is 9.13 Å². The number of rotatable bonds is 9. The number of nitrogens with zero attached hydrogens (tertiary/aromatic N) is 6. The van der Waals surface area contributed by atoms with Crippen LogP contribution in [0.15, 0.2) is 242 Å². The summed E-state index contributed by atoms with van der Waals surface area (Å²) in [5, 5.41) is 0. The lowest BCUT2D eigenvalue weighted by molar-refractivity contribution is -0.319. The van der Waals surface area contributed by atoms with E-state index in [0.29, 0.717) is 0 Å². The Labute approximate surface area is 370 Å². The highest BCUT2D eigenvalue weighted by Crippen LogP contribution is 2.39. The van der Waals surface area contributed by atoms with Crippen LogP contribution in [0.25, 0.3) is 78.5 Å². The molecule has 1 aliphatic rings. The minimum Gasteiger partial charge on any atom is -0.292 e. The fraction of sp³-hybridized carbons (Fsp3) is 0. The zero-order valence-corrected chi connectivity index (χ0v) is 34.7. The van der Waals surface area contributed by atoms with Gasteiger partial charge in [0.25, 0.3) is 11.7 Å². The van der Waals surface area contributed by atoms with Gasteiger partial charge in [0.2, 0.25) is 0 Å². The minimum atomic E-state index is 0.829. The van der Waals surface area contributed by atoms with E-state index in [1.165, 1.54) is 0 Å². The molecule has 300 valence electrons. The molecule has 1 aliphatic heterocycles. The molecule has 11 aromatic rings. The molecular weight excluding hydrogens is 781 g/mol. The summed E-state index contributed by atoms with van der Waals surface area (Å²) in [5.41, 5.74) is 15.4. The summed E-state index contributed by atoms with van der Waals surface area (Å²) in [7, 11) is 0. The summed E-state index contributed by atoms with van der Waals surface area (Å²) >= 11 is 0. The van der Waals surface area contributed by atoms with E-state index in [-0.39, 0.29) is 0 Å². The second-order valence-corrected chi connectivity index (χ2v) is 15.9. The second-order valence-electron chi connectivity index (χ2n) is 15.9. The molecule has 0 amide bonds. The molecule has 9 aromatic carbocycles. The van der Waals surface area contributed by atoms with Gasteiger partial charge in [-0.1, -0.05) is 151 Å². The van der Waals surface area contributed by atoms with Crippen LogP contribution in [0, 0.1) is 0 Å². The average Bonchev–Trinajstić information content (AvgIpc) is 3.95. The molecular formula is C58H39N6+.